The van der Waals surface area contributed by atoms with Crippen molar-refractivity contribution in [2.24, 2.45) is 7.05 Å². The predicted molar refractivity (Wildman–Crippen MR) is 121 cm³/mol. The van der Waals surface area contributed by atoms with Gasteiger partial charge in [-0.25, -0.2) is 4.98 Å². The number of fused-ring (bicyclic) bond motifs is 2. The SMILES string of the molecule is COCCNCCOCCn1nc(C)c2c1CCN(c1cc(C)nc3c1cnn3C)C2. The lowest BCUT2D eigenvalue weighted by Gasteiger charge is -2.30. The maximum atomic E-state index is 5.78. The number of rotatable bonds is 10. The van der Waals surface area contributed by atoms with Gasteiger partial charge in [0.15, 0.2) is 5.65 Å². The standard InChI is InChI=1S/C22H33N7O2/c1-16-13-21(18-14-24-27(3)22(18)25-16)28-8-5-20-19(15-28)17(2)26-29(20)9-12-31-11-7-23-6-10-30-4/h13-14,23H,5-12,15H2,1-4H3. The fourth-order valence-electron chi connectivity index (χ4n) is 4.23. The Morgan fingerprint density at radius 1 is 1.16 bits per heavy atom. The lowest BCUT2D eigenvalue weighted by molar-refractivity contribution is 0.122. The van der Waals surface area contributed by atoms with Crippen LogP contribution in [0.1, 0.15) is 22.6 Å². The number of methoxy groups -OCH3 is 1. The number of anilines is 1. The Morgan fingerprint density at radius 2 is 2.00 bits per heavy atom. The number of hydrogen-bond donors (Lipinski definition) is 1. The zero-order valence-electron chi connectivity index (χ0n) is 19.0. The van der Waals surface area contributed by atoms with Gasteiger partial charge >= 0.3 is 0 Å². The molecule has 0 aromatic carbocycles. The highest BCUT2D eigenvalue weighted by atomic mass is 16.5. The summed E-state index contributed by atoms with van der Waals surface area (Å²) < 4.78 is 14.8. The third kappa shape index (κ3) is 4.73. The van der Waals surface area contributed by atoms with Crippen molar-refractivity contribution < 1.29 is 9.47 Å². The zero-order chi connectivity index (χ0) is 21.8. The summed E-state index contributed by atoms with van der Waals surface area (Å²) in [6.45, 7) is 10.5. The molecule has 0 bridgehead atoms. The molecule has 0 radical (unpaired) electrons. The molecule has 3 aromatic heterocycles. The van der Waals surface area contributed by atoms with Crippen LogP contribution in [0.15, 0.2) is 12.3 Å². The highest BCUT2D eigenvalue weighted by Gasteiger charge is 2.25. The van der Waals surface area contributed by atoms with Crippen molar-refractivity contribution in [3.8, 4) is 0 Å². The summed E-state index contributed by atoms with van der Waals surface area (Å²) in [4.78, 5) is 7.09. The van der Waals surface area contributed by atoms with E-state index in [0.717, 1.165) is 68.2 Å². The first kappa shape index (κ1) is 21.7. The average Bonchev–Trinajstić information content (AvgIpc) is 3.29. The summed E-state index contributed by atoms with van der Waals surface area (Å²) in [6.07, 6.45) is 2.89. The summed E-state index contributed by atoms with van der Waals surface area (Å²) in [7, 11) is 3.65. The van der Waals surface area contributed by atoms with Gasteiger partial charge in [0.2, 0.25) is 0 Å². The minimum atomic E-state index is 0.670. The van der Waals surface area contributed by atoms with Gasteiger partial charge < -0.3 is 19.7 Å². The van der Waals surface area contributed by atoms with E-state index in [1.54, 1.807) is 7.11 Å². The highest BCUT2D eigenvalue weighted by molar-refractivity contribution is 5.89. The molecule has 1 aliphatic rings. The molecule has 9 heteroatoms. The van der Waals surface area contributed by atoms with Crippen LogP contribution in [0, 0.1) is 13.8 Å². The van der Waals surface area contributed by atoms with Crippen LogP contribution in [-0.4, -0.2) is 71.1 Å². The minimum absolute atomic E-state index is 0.670. The van der Waals surface area contributed by atoms with Crippen molar-refractivity contribution in [3.05, 3.63) is 34.9 Å². The van der Waals surface area contributed by atoms with Gasteiger partial charge in [-0.15, -0.1) is 0 Å². The molecule has 0 amide bonds. The van der Waals surface area contributed by atoms with Crippen LogP contribution in [0.25, 0.3) is 11.0 Å². The lowest BCUT2D eigenvalue weighted by Crippen LogP contribution is -2.31. The van der Waals surface area contributed by atoms with Gasteiger partial charge in [0.05, 0.1) is 49.3 Å². The Labute approximate surface area is 183 Å². The molecule has 0 saturated carbocycles. The normalized spacial score (nSPS) is 13.9. The Bertz CT molecular complexity index is 1030. The van der Waals surface area contributed by atoms with E-state index in [1.807, 2.05) is 24.9 Å². The maximum absolute atomic E-state index is 5.78. The van der Waals surface area contributed by atoms with Crippen molar-refractivity contribution in [2.75, 3.05) is 51.5 Å². The van der Waals surface area contributed by atoms with E-state index in [0.29, 0.717) is 13.2 Å². The molecule has 0 aliphatic carbocycles. The number of nitrogens with one attached hydrogen (secondary N) is 1. The monoisotopic (exact) mass is 427 g/mol. The fourth-order valence-corrected chi connectivity index (χ4v) is 4.23. The molecule has 4 rings (SSSR count). The Kier molecular flexibility index (Phi) is 6.84. The van der Waals surface area contributed by atoms with Crippen LogP contribution in [0.4, 0.5) is 5.69 Å². The molecular formula is C22H33N7O2. The predicted octanol–water partition coefficient (Wildman–Crippen LogP) is 1.60. The van der Waals surface area contributed by atoms with Crippen molar-refractivity contribution in [2.45, 2.75) is 33.4 Å². The molecule has 0 unspecified atom stereocenters. The third-order valence-electron chi connectivity index (χ3n) is 5.84. The van der Waals surface area contributed by atoms with E-state index < -0.39 is 0 Å². The largest absolute Gasteiger partial charge is 0.383 e. The van der Waals surface area contributed by atoms with Crippen LogP contribution in [0.3, 0.4) is 0 Å². The maximum Gasteiger partial charge on any atom is 0.159 e. The molecule has 9 nitrogen and oxygen atoms in total. The van der Waals surface area contributed by atoms with Gasteiger partial charge in [-0.3, -0.25) is 9.36 Å². The van der Waals surface area contributed by atoms with Gasteiger partial charge in [0.1, 0.15) is 0 Å². The van der Waals surface area contributed by atoms with Crippen LogP contribution in [0.2, 0.25) is 0 Å². The van der Waals surface area contributed by atoms with Crippen molar-refractivity contribution in [1.29, 1.82) is 0 Å². The molecule has 168 valence electrons. The Hall–Kier alpha value is -2.49. The fraction of sp³-hybridized carbons (Fsp3) is 0.591. The van der Waals surface area contributed by atoms with Crippen LogP contribution < -0.4 is 10.2 Å². The average molecular weight is 428 g/mol. The second-order valence-electron chi connectivity index (χ2n) is 8.05. The first-order valence-corrected chi connectivity index (χ1v) is 11.0. The van der Waals surface area contributed by atoms with Gasteiger partial charge in [-0.2, -0.15) is 10.2 Å². The molecule has 4 heterocycles. The second-order valence-corrected chi connectivity index (χ2v) is 8.05. The van der Waals surface area contributed by atoms with E-state index in [4.69, 9.17) is 14.6 Å². The van der Waals surface area contributed by atoms with E-state index in [2.05, 4.69) is 38.0 Å². The molecule has 0 saturated heterocycles. The van der Waals surface area contributed by atoms with Gasteiger partial charge in [-0.1, -0.05) is 0 Å². The summed E-state index contributed by atoms with van der Waals surface area (Å²) in [5.74, 6) is 0. The van der Waals surface area contributed by atoms with Crippen molar-refractivity contribution >= 4 is 16.7 Å². The van der Waals surface area contributed by atoms with Crippen molar-refractivity contribution in [1.82, 2.24) is 29.9 Å². The van der Waals surface area contributed by atoms with Crippen LogP contribution in [0.5, 0.6) is 0 Å². The molecule has 0 spiro atoms. The Morgan fingerprint density at radius 3 is 2.84 bits per heavy atom. The smallest absolute Gasteiger partial charge is 0.159 e. The number of aryl methyl sites for hydroxylation is 3. The number of aromatic nitrogens is 5. The number of pyridine rings is 1. The summed E-state index contributed by atoms with van der Waals surface area (Å²) in [5, 5.41) is 13.6. The summed E-state index contributed by atoms with van der Waals surface area (Å²) in [6, 6.07) is 2.17. The number of hydrogen-bond acceptors (Lipinski definition) is 7. The van der Waals surface area contributed by atoms with Gasteiger partial charge in [0, 0.05) is 63.7 Å². The van der Waals surface area contributed by atoms with E-state index in [1.165, 1.54) is 16.9 Å². The molecule has 31 heavy (non-hydrogen) atoms. The highest BCUT2D eigenvalue weighted by Crippen LogP contribution is 2.31. The minimum Gasteiger partial charge on any atom is -0.383 e. The molecular weight excluding hydrogens is 394 g/mol. The lowest BCUT2D eigenvalue weighted by atomic mass is 10.0. The topological polar surface area (TPSA) is 82.3 Å². The molecule has 3 aromatic rings. The van der Waals surface area contributed by atoms with Crippen molar-refractivity contribution in [3.63, 3.8) is 0 Å². The molecule has 0 fully saturated rings. The summed E-state index contributed by atoms with van der Waals surface area (Å²) in [5.41, 5.74) is 6.93. The molecule has 0 atom stereocenters. The van der Waals surface area contributed by atoms with E-state index in [9.17, 15) is 0 Å². The zero-order valence-corrected chi connectivity index (χ0v) is 19.0. The number of nitrogens with zero attached hydrogens (tertiary/aromatic N) is 6. The van der Waals surface area contributed by atoms with Crippen LogP contribution in [-0.2, 0) is 36.0 Å². The van der Waals surface area contributed by atoms with Gasteiger partial charge in [0.25, 0.3) is 0 Å². The third-order valence-corrected chi connectivity index (χ3v) is 5.84. The quantitative estimate of drug-likeness (QED) is 0.492. The van der Waals surface area contributed by atoms with Crippen LogP contribution >= 0.6 is 0 Å². The van der Waals surface area contributed by atoms with Gasteiger partial charge in [-0.05, 0) is 19.9 Å². The number of ether oxygens (including phenoxy) is 2. The van der Waals surface area contributed by atoms with E-state index in [-0.39, 0.29) is 0 Å². The summed E-state index contributed by atoms with van der Waals surface area (Å²) >= 11 is 0. The molecule has 1 N–H and O–H groups in total. The second kappa shape index (κ2) is 9.76. The first-order chi connectivity index (χ1) is 15.1. The molecule has 1 aliphatic heterocycles. The first-order valence-electron chi connectivity index (χ1n) is 11.0. The Balaban J connectivity index is 1.39. The van der Waals surface area contributed by atoms with E-state index >= 15 is 0 Å².